The van der Waals surface area contributed by atoms with Crippen LogP contribution >= 0.6 is 23.2 Å². The van der Waals surface area contributed by atoms with E-state index in [1.165, 1.54) is 17.0 Å². The van der Waals surface area contributed by atoms with Gasteiger partial charge in [0.2, 0.25) is 5.89 Å². The number of hydrogen-bond donors (Lipinski definition) is 0. The minimum Gasteiger partial charge on any atom is -0.417 e. The van der Waals surface area contributed by atoms with Crippen LogP contribution < -0.4 is 0 Å². The highest BCUT2D eigenvalue weighted by Gasteiger charge is 2.39. The van der Waals surface area contributed by atoms with Crippen molar-refractivity contribution in [1.29, 1.82) is 0 Å². The fraction of sp³-hybridized carbons (Fsp3) is 0.400. The number of alkyl halides is 3. The molecule has 0 spiro atoms. The number of hydrogen-bond acceptors (Lipinski definition) is 4. The maximum atomic E-state index is 12.7. The Balaban J connectivity index is 1.78. The number of piperidine rings is 1. The molecule has 0 radical (unpaired) electrons. The molecule has 1 amide bonds. The van der Waals surface area contributed by atoms with Crippen molar-refractivity contribution >= 4 is 29.1 Å². The summed E-state index contributed by atoms with van der Waals surface area (Å²) in [6.07, 6.45) is -3.55. The number of likely N-dealkylation sites (tertiary alicyclic amines) is 1. The maximum absolute atomic E-state index is 12.7. The topological polar surface area (TPSA) is 59.2 Å². The summed E-state index contributed by atoms with van der Waals surface area (Å²) in [5, 5.41) is 7.14. The SMILES string of the molecule is O=C(c1cc(Cl)ccc1Cl)N1CCC[C@@H](c2nnc(C(F)(F)F)o2)C1. The lowest BCUT2D eigenvalue weighted by Gasteiger charge is -2.31. The van der Waals surface area contributed by atoms with Crippen LogP contribution in [-0.4, -0.2) is 34.1 Å². The van der Waals surface area contributed by atoms with E-state index in [-0.39, 0.29) is 28.9 Å². The molecule has 1 aliphatic rings. The van der Waals surface area contributed by atoms with Crippen molar-refractivity contribution in [3.63, 3.8) is 0 Å². The lowest BCUT2D eigenvalue weighted by Crippen LogP contribution is -2.39. The van der Waals surface area contributed by atoms with Crippen LogP contribution in [0, 0.1) is 0 Å². The fourth-order valence-electron chi connectivity index (χ4n) is 2.71. The van der Waals surface area contributed by atoms with Crippen LogP contribution in [-0.2, 0) is 6.18 Å². The fourth-order valence-corrected chi connectivity index (χ4v) is 3.08. The molecule has 0 N–H and O–H groups in total. The molecule has 1 aliphatic heterocycles. The summed E-state index contributed by atoms with van der Waals surface area (Å²) in [6.45, 7) is 0.625. The summed E-state index contributed by atoms with van der Waals surface area (Å²) in [6, 6.07) is 4.55. The second kappa shape index (κ2) is 6.84. The molecule has 0 aliphatic carbocycles. The molecule has 1 aromatic heterocycles. The molecule has 0 saturated carbocycles. The molecule has 134 valence electrons. The Morgan fingerprint density at radius 3 is 2.72 bits per heavy atom. The molecular weight excluding hydrogens is 382 g/mol. The van der Waals surface area contributed by atoms with Gasteiger partial charge in [-0.1, -0.05) is 23.2 Å². The first-order valence-corrected chi connectivity index (χ1v) is 8.16. The van der Waals surface area contributed by atoms with Crippen molar-refractivity contribution in [2.24, 2.45) is 0 Å². The minimum atomic E-state index is -4.69. The first kappa shape index (κ1) is 18.0. The zero-order chi connectivity index (χ0) is 18.2. The van der Waals surface area contributed by atoms with Gasteiger partial charge in [-0.05, 0) is 31.0 Å². The molecule has 2 aromatic rings. The quantitative estimate of drug-likeness (QED) is 0.757. The number of aromatic nitrogens is 2. The average Bonchev–Trinajstić information content (AvgIpc) is 3.07. The first-order valence-electron chi connectivity index (χ1n) is 7.40. The van der Waals surface area contributed by atoms with Crippen LogP contribution in [0.1, 0.15) is 40.9 Å². The second-order valence-corrected chi connectivity index (χ2v) is 6.50. The van der Waals surface area contributed by atoms with Crippen molar-refractivity contribution in [1.82, 2.24) is 15.1 Å². The Morgan fingerprint density at radius 1 is 1.28 bits per heavy atom. The highest BCUT2D eigenvalue weighted by molar-refractivity contribution is 6.35. The van der Waals surface area contributed by atoms with Crippen LogP contribution in [0.5, 0.6) is 0 Å². The van der Waals surface area contributed by atoms with Crippen LogP contribution in [0.15, 0.2) is 22.6 Å². The van der Waals surface area contributed by atoms with Crippen molar-refractivity contribution in [2.75, 3.05) is 13.1 Å². The third-order valence-corrected chi connectivity index (χ3v) is 4.46. The van der Waals surface area contributed by atoms with Crippen molar-refractivity contribution < 1.29 is 22.4 Å². The molecule has 1 fully saturated rings. The molecule has 10 heteroatoms. The zero-order valence-corrected chi connectivity index (χ0v) is 14.2. The van der Waals surface area contributed by atoms with Gasteiger partial charge < -0.3 is 9.32 Å². The number of carbonyl (C=O) groups is 1. The number of amides is 1. The maximum Gasteiger partial charge on any atom is 0.470 e. The molecule has 1 atom stereocenters. The molecule has 25 heavy (non-hydrogen) atoms. The number of benzene rings is 1. The summed E-state index contributed by atoms with van der Waals surface area (Å²) in [5.74, 6) is -2.31. The molecule has 2 heterocycles. The monoisotopic (exact) mass is 393 g/mol. The Hall–Kier alpha value is -1.80. The lowest BCUT2D eigenvalue weighted by atomic mass is 9.97. The van der Waals surface area contributed by atoms with E-state index in [2.05, 4.69) is 10.2 Å². The number of carbonyl (C=O) groups excluding carboxylic acids is 1. The van der Waals surface area contributed by atoms with Gasteiger partial charge in [0.05, 0.1) is 16.5 Å². The average molecular weight is 394 g/mol. The number of halogens is 5. The summed E-state index contributed by atoms with van der Waals surface area (Å²) < 4.78 is 42.5. The molecule has 1 aromatic carbocycles. The van der Waals surface area contributed by atoms with E-state index in [0.29, 0.717) is 24.4 Å². The Bertz CT molecular complexity index is 795. The number of rotatable bonds is 2. The normalized spacial score (nSPS) is 18.4. The van der Waals surface area contributed by atoms with Gasteiger partial charge in [-0.2, -0.15) is 13.2 Å². The highest BCUT2D eigenvalue weighted by Crippen LogP contribution is 2.33. The largest absolute Gasteiger partial charge is 0.470 e. The van der Waals surface area contributed by atoms with E-state index >= 15 is 0 Å². The first-order chi connectivity index (χ1) is 11.8. The van der Waals surface area contributed by atoms with E-state index in [1.807, 2.05) is 0 Å². The van der Waals surface area contributed by atoms with Crippen molar-refractivity contribution in [3.05, 3.63) is 45.6 Å². The van der Waals surface area contributed by atoms with Crippen LogP contribution in [0.3, 0.4) is 0 Å². The number of nitrogens with zero attached hydrogens (tertiary/aromatic N) is 3. The summed E-state index contributed by atoms with van der Waals surface area (Å²) in [5.41, 5.74) is 0.247. The lowest BCUT2D eigenvalue weighted by molar-refractivity contribution is -0.157. The second-order valence-electron chi connectivity index (χ2n) is 5.66. The van der Waals surface area contributed by atoms with Crippen molar-refractivity contribution in [3.8, 4) is 0 Å². The third kappa shape index (κ3) is 3.90. The van der Waals surface area contributed by atoms with Gasteiger partial charge >= 0.3 is 12.1 Å². The van der Waals surface area contributed by atoms with Gasteiger partial charge in [-0.3, -0.25) is 4.79 Å². The van der Waals surface area contributed by atoms with E-state index in [9.17, 15) is 18.0 Å². The van der Waals surface area contributed by atoms with Gasteiger partial charge in [-0.15, -0.1) is 10.2 Å². The van der Waals surface area contributed by atoms with E-state index in [4.69, 9.17) is 27.6 Å². The summed E-state index contributed by atoms with van der Waals surface area (Å²) in [4.78, 5) is 14.2. The van der Waals surface area contributed by atoms with E-state index in [0.717, 1.165) is 0 Å². The van der Waals surface area contributed by atoms with Gasteiger partial charge in [-0.25, -0.2) is 0 Å². The van der Waals surface area contributed by atoms with E-state index in [1.54, 1.807) is 6.07 Å². The molecule has 0 bridgehead atoms. The molecular formula is C15H12Cl2F3N3O2. The molecule has 3 rings (SSSR count). The zero-order valence-electron chi connectivity index (χ0n) is 12.7. The smallest absolute Gasteiger partial charge is 0.417 e. The van der Waals surface area contributed by atoms with Gasteiger partial charge in [0.1, 0.15) is 0 Å². The highest BCUT2D eigenvalue weighted by atomic mass is 35.5. The molecule has 1 saturated heterocycles. The van der Waals surface area contributed by atoms with Crippen LogP contribution in [0.2, 0.25) is 10.0 Å². The van der Waals surface area contributed by atoms with Crippen LogP contribution in [0.25, 0.3) is 0 Å². The van der Waals surface area contributed by atoms with Gasteiger partial charge in [0.25, 0.3) is 5.91 Å². The standard InChI is InChI=1S/C15H12Cl2F3N3O2/c16-9-3-4-11(17)10(6-9)13(24)23-5-1-2-8(7-23)12-21-22-14(25-12)15(18,19)20/h3-4,6,8H,1-2,5,7H2/t8-/m1/s1. The van der Waals surface area contributed by atoms with E-state index < -0.39 is 18.0 Å². The van der Waals surface area contributed by atoms with Crippen LogP contribution in [0.4, 0.5) is 13.2 Å². The Morgan fingerprint density at radius 2 is 2.04 bits per heavy atom. The molecule has 5 nitrogen and oxygen atoms in total. The van der Waals surface area contributed by atoms with Crippen molar-refractivity contribution in [2.45, 2.75) is 24.9 Å². The van der Waals surface area contributed by atoms with Gasteiger partial charge in [0, 0.05) is 18.1 Å². The Labute approximate surface area is 150 Å². The predicted molar refractivity (Wildman–Crippen MR) is 83.6 cm³/mol. The summed E-state index contributed by atoms with van der Waals surface area (Å²) >= 11 is 11.9. The minimum absolute atomic E-state index is 0.123. The third-order valence-electron chi connectivity index (χ3n) is 3.90. The molecule has 0 unspecified atom stereocenters. The summed E-state index contributed by atoms with van der Waals surface area (Å²) in [7, 11) is 0. The Kier molecular flexibility index (Phi) is 4.92. The predicted octanol–water partition coefficient (Wildman–Crippen LogP) is 4.42. The van der Waals surface area contributed by atoms with Gasteiger partial charge in [0.15, 0.2) is 0 Å².